The molecule has 0 heterocycles. The molecular weight excluding hydrogens is 386 g/mol. The van der Waals surface area contributed by atoms with Crippen LogP contribution in [0.2, 0.25) is 0 Å². The molecule has 3 nitrogen and oxygen atoms in total. The minimum absolute atomic E-state index is 0.196. The first kappa shape index (κ1) is 15.4. The van der Waals surface area contributed by atoms with E-state index in [4.69, 9.17) is 15.2 Å². The lowest BCUT2D eigenvalue weighted by Crippen LogP contribution is -2.18. The van der Waals surface area contributed by atoms with Crippen molar-refractivity contribution in [3.8, 4) is 11.5 Å². The summed E-state index contributed by atoms with van der Waals surface area (Å²) in [7, 11) is 1.64. The Morgan fingerprint density at radius 1 is 1.10 bits per heavy atom. The van der Waals surface area contributed by atoms with Crippen molar-refractivity contribution in [2.24, 2.45) is 5.73 Å². The maximum atomic E-state index is 5.98. The summed E-state index contributed by atoms with van der Waals surface area (Å²) >= 11 is 6.90. The Kier molecular flexibility index (Phi) is 5.46. The Hall–Kier alpha value is -1.04. The smallest absolute Gasteiger partial charge is 0.136 e. The molecular formula is C15H15Br2NO2. The van der Waals surface area contributed by atoms with Crippen LogP contribution in [-0.2, 0) is 0 Å². The zero-order chi connectivity index (χ0) is 14.5. The summed E-state index contributed by atoms with van der Waals surface area (Å²) in [6.45, 7) is 0.398. The highest BCUT2D eigenvalue weighted by Crippen LogP contribution is 2.31. The standard InChI is InChI=1S/C15H15Br2NO2/c1-19-12-5-2-10(3-6-12)15(9-18)20-14-7-4-11(16)8-13(14)17/h2-8,15H,9,18H2,1H3. The van der Waals surface area contributed by atoms with E-state index in [0.717, 1.165) is 26.0 Å². The largest absolute Gasteiger partial charge is 0.497 e. The van der Waals surface area contributed by atoms with Crippen LogP contribution in [0.15, 0.2) is 51.4 Å². The molecule has 0 aliphatic heterocycles. The SMILES string of the molecule is COc1ccc(C(CN)Oc2ccc(Br)cc2Br)cc1. The van der Waals surface area contributed by atoms with Gasteiger partial charge < -0.3 is 15.2 Å². The van der Waals surface area contributed by atoms with Gasteiger partial charge in [-0.05, 0) is 51.8 Å². The Morgan fingerprint density at radius 3 is 2.35 bits per heavy atom. The van der Waals surface area contributed by atoms with Gasteiger partial charge in [0.2, 0.25) is 0 Å². The second-order valence-electron chi connectivity index (χ2n) is 4.19. The fraction of sp³-hybridized carbons (Fsp3) is 0.200. The topological polar surface area (TPSA) is 44.5 Å². The molecule has 0 amide bonds. The maximum Gasteiger partial charge on any atom is 0.136 e. The molecule has 0 aromatic heterocycles. The summed E-state index contributed by atoms with van der Waals surface area (Å²) in [5.41, 5.74) is 6.84. The van der Waals surface area contributed by atoms with Gasteiger partial charge in [-0.2, -0.15) is 0 Å². The van der Waals surface area contributed by atoms with Crippen LogP contribution >= 0.6 is 31.9 Å². The molecule has 5 heteroatoms. The summed E-state index contributed by atoms with van der Waals surface area (Å²) in [5, 5.41) is 0. The van der Waals surface area contributed by atoms with Gasteiger partial charge in [-0.3, -0.25) is 0 Å². The van der Waals surface area contributed by atoms with Gasteiger partial charge in [0.05, 0.1) is 11.6 Å². The van der Waals surface area contributed by atoms with Gasteiger partial charge in [0.1, 0.15) is 17.6 Å². The number of benzene rings is 2. The molecule has 2 aromatic carbocycles. The minimum Gasteiger partial charge on any atom is -0.497 e. The predicted octanol–water partition coefficient (Wildman–Crippen LogP) is 4.30. The molecule has 2 aromatic rings. The Bertz CT molecular complexity index is 573. The van der Waals surface area contributed by atoms with E-state index in [0.29, 0.717) is 6.54 Å². The van der Waals surface area contributed by atoms with E-state index in [1.54, 1.807) is 7.11 Å². The van der Waals surface area contributed by atoms with Crippen molar-refractivity contribution in [1.29, 1.82) is 0 Å². The van der Waals surface area contributed by atoms with Crippen LogP contribution in [-0.4, -0.2) is 13.7 Å². The Labute approximate surface area is 135 Å². The van der Waals surface area contributed by atoms with Gasteiger partial charge in [0.15, 0.2) is 0 Å². The molecule has 0 aliphatic rings. The van der Waals surface area contributed by atoms with Crippen molar-refractivity contribution in [2.75, 3.05) is 13.7 Å². The second-order valence-corrected chi connectivity index (χ2v) is 5.96. The average molecular weight is 401 g/mol. The van der Waals surface area contributed by atoms with Crippen molar-refractivity contribution in [2.45, 2.75) is 6.10 Å². The Balaban J connectivity index is 2.19. The first-order chi connectivity index (χ1) is 9.63. The summed E-state index contributed by atoms with van der Waals surface area (Å²) < 4.78 is 13.0. The molecule has 2 N–H and O–H groups in total. The van der Waals surface area contributed by atoms with Gasteiger partial charge in [-0.25, -0.2) is 0 Å². The number of ether oxygens (including phenoxy) is 2. The van der Waals surface area contributed by atoms with E-state index in [1.807, 2.05) is 42.5 Å². The zero-order valence-corrected chi connectivity index (χ0v) is 14.1. The normalized spacial score (nSPS) is 12.0. The van der Waals surface area contributed by atoms with E-state index in [-0.39, 0.29) is 6.10 Å². The third-order valence-corrected chi connectivity index (χ3v) is 3.98. The molecule has 2 rings (SSSR count). The molecule has 1 atom stereocenters. The number of halogens is 2. The van der Waals surface area contributed by atoms with Crippen LogP contribution in [0.5, 0.6) is 11.5 Å². The van der Waals surface area contributed by atoms with E-state index in [2.05, 4.69) is 31.9 Å². The quantitative estimate of drug-likeness (QED) is 0.813. The molecule has 106 valence electrons. The number of hydrogen-bond acceptors (Lipinski definition) is 3. The number of methoxy groups -OCH3 is 1. The van der Waals surface area contributed by atoms with Crippen molar-refractivity contribution in [3.05, 3.63) is 57.0 Å². The second kappa shape index (κ2) is 7.11. The third kappa shape index (κ3) is 3.75. The number of rotatable bonds is 5. The monoisotopic (exact) mass is 399 g/mol. The van der Waals surface area contributed by atoms with Crippen molar-refractivity contribution in [1.82, 2.24) is 0 Å². The van der Waals surface area contributed by atoms with Gasteiger partial charge in [0, 0.05) is 11.0 Å². The highest BCUT2D eigenvalue weighted by atomic mass is 79.9. The van der Waals surface area contributed by atoms with Crippen LogP contribution in [0.25, 0.3) is 0 Å². The average Bonchev–Trinajstić information content (AvgIpc) is 2.47. The molecule has 20 heavy (non-hydrogen) atoms. The van der Waals surface area contributed by atoms with E-state index in [1.165, 1.54) is 0 Å². The zero-order valence-electron chi connectivity index (χ0n) is 11.0. The molecule has 0 saturated carbocycles. The fourth-order valence-corrected chi connectivity index (χ4v) is 2.94. The van der Waals surface area contributed by atoms with Crippen LogP contribution in [0, 0.1) is 0 Å². The lowest BCUT2D eigenvalue weighted by Gasteiger charge is -2.19. The first-order valence-electron chi connectivity index (χ1n) is 6.09. The van der Waals surface area contributed by atoms with Gasteiger partial charge in [0.25, 0.3) is 0 Å². The van der Waals surface area contributed by atoms with Gasteiger partial charge >= 0.3 is 0 Å². The summed E-state index contributed by atoms with van der Waals surface area (Å²) in [4.78, 5) is 0. The first-order valence-corrected chi connectivity index (χ1v) is 7.68. The molecule has 0 fully saturated rings. The predicted molar refractivity (Wildman–Crippen MR) is 87.3 cm³/mol. The van der Waals surface area contributed by atoms with Crippen molar-refractivity contribution < 1.29 is 9.47 Å². The summed E-state index contributed by atoms with van der Waals surface area (Å²) in [6.07, 6.45) is -0.196. The van der Waals surface area contributed by atoms with Gasteiger partial charge in [-0.1, -0.05) is 28.1 Å². The number of hydrogen-bond donors (Lipinski definition) is 1. The van der Waals surface area contributed by atoms with Crippen molar-refractivity contribution >= 4 is 31.9 Å². The lowest BCUT2D eigenvalue weighted by atomic mass is 10.1. The van der Waals surface area contributed by atoms with Gasteiger partial charge in [-0.15, -0.1) is 0 Å². The minimum atomic E-state index is -0.196. The van der Waals surface area contributed by atoms with E-state index in [9.17, 15) is 0 Å². The lowest BCUT2D eigenvalue weighted by molar-refractivity contribution is 0.212. The Morgan fingerprint density at radius 2 is 1.80 bits per heavy atom. The summed E-state index contributed by atoms with van der Waals surface area (Å²) in [5.74, 6) is 1.58. The highest BCUT2D eigenvalue weighted by Gasteiger charge is 2.13. The molecule has 1 unspecified atom stereocenters. The van der Waals surface area contributed by atoms with E-state index >= 15 is 0 Å². The molecule has 0 radical (unpaired) electrons. The molecule has 0 spiro atoms. The van der Waals surface area contributed by atoms with Crippen LogP contribution in [0.1, 0.15) is 11.7 Å². The number of nitrogens with two attached hydrogens (primary N) is 1. The molecule has 0 saturated heterocycles. The van der Waals surface area contributed by atoms with Crippen LogP contribution < -0.4 is 15.2 Å². The maximum absolute atomic E-state index is 5.98. The van der Waals surface area contributed by atoms with Crippen molar-refractivity contribution in [3.63, 3.8) is 0 Å². The highest BCUT2D eigenvalue weighted by molar-refractivity contribution is 9.11. The molecule has 0 bridgehead atoms. The van der Waals surface area contributed by atoms with E-state index < -0.39 is 0 Å². The third-order valence-electron chi connectivity index (χ3n) is 2.86. The van der Waals surface area contributed by atoms with Crippen LogP contribution in [0.4, 0.5) is 0 Å². The summed E-state index contributed by atoms with van der Waals surface area (Å²) in [6, 6.07) is 13.5. The fourth-order valence-electron chi connectivity index (χ4n) is 1.79. The van der Waals surface area contributed by atoms with Crippen LogP contribution in [0.3, 0.4) is 0 Å². The molecule has 0 aliphatic carbocycles.